The Bertz CT molecular complexity index is 3830. The van der Waals surface area contributed by atoms with Crippen LogP contribution in [0.4, 0.5) is 51.2 Å². The molecule has 2 aliphatic carbocycles. The Morgan fingerprint density at radius 1 is 0.455 bits per heavy atom. The third-order valence-electron chi connectivity index (χ3n) is 18.6. The van der Waals surface area contributed by atoms with Crippen LogP contribution < -0.4 is 31.1 Å². The number of nitrogens with zero attached hydrogens (tertiary/aromatic N) is 3. The van der Waals surface area contributed by atoms with Crippen LogP contribution in [0, 0.1) is 6.92 Å². The van der Waals surface area contributed by atoms with Crippen LogP contribution >= 0.6 is 11.3 Å². The molecule has 0 saturated carbocycles. The van der Waals surface area contributed by atoms with Gasteiger partial charge in [-0.1, -0.05) is 164 Å². The molecule has 388 valence electrons. The van der Waals surface area contributed by atoms with Crippen LogP contribution in [0.15, 0.2) is 152 Å². The van der Waals surface area contributed by atoms with Crippen LogP contribution in [0.5, 0.6) is 0 Å². The summed E-state index contributed by atoms with van der Waals surface area (Å²) in [5.74, 6) is 0. The molecule has 2 aliphatic heterocycles. The lowest BCUT2D eigenvalue weighted by atomic mass is 9.33. The van der Waals surface area contributed by atoms with E-state index in [4.69, 9.17) is 0 Å². The van der Waals surface area contributed by atoms with E-state index in [0.29, 0.717) is 0 Å². The molecule has 0 unspecified atom stereocenters. The number of benzene rings is 8. The minimum Gasteiger partial charge on any atom is -0.311 e. The Morgan fingerprint density at radius 2 is 1.00 bits per heavy atom. The summed E-state index contributed by atoms with van der Waals surface area (Å²) < 4.78 is 2.61. The van der Waals surface area contributed by atoms with Crippen LogP contribution in [-0.2, 0) is 32.5 Å². The van der Waals surface area contributed by atoms with Gasteiger partial charge in [0.2, 0.25) is 0 Å². The highest BCUT2D eigenvalue weighted by atomic mass is 32.1. The van der Waals surface area contributed by atoms with Crippen molar-refractivity contribution in [1.29, 1.82) is 0 Å². The molecule has 0 atom stereocenters. The van der Waals surface area contributed by atoms with E-state index >= 15 is 0 Å². The zero-order chi connectivity index (χ0) is 54.1. The number of fused-ring (bicyclic) bond motifs is 9. The van der Waals surface area contributed by atoms with E-state index in [-0.39, 0.29) is 39.2 Å². The maximum atomic E-state index is 2.69. The molecule has 0 spiro atoms. The fourth-order valence-corrected chi connectivity index (χ4v) is 15.7. The van der Waals surface area contributed by atoms with Gasteiger partial charge in [0.1, 0.15) is 0 Å². The van der Waals surface area contributed by atoms with Gasteiger partial charge in [0.15, 0.2) is 0 Å². The fourth-order valence-electron chi connectivity index (χ4n) is 14.6. The van der Waals surface area contributed by atoms with Crippen molar-refractivity contribution in [3.8, 4) is 0 Å². The van der Waals surface area contributed by atoms with E-state index in [1.165, 1.54) is 122 Å². The van der Waals surface area contributed by atoms with Gasteiger partial charge < -0.3 is 14.7 Å². The number of rotatable bonds is 5. The molecule has 13 rings (SSSR count). The summed E-state index contributed by atoms with van der Waals surface area (Å²) in [6, 6.07) is 60.0. The molecule has 0 bridgehead atoms. The zero-order valence-electron chi connectivity index (χ0n) is 48.4. The maximum Gasteiger partial charge on any atom is 0.252 e. The number of hydrogen-bond donors (Lipinski definition) is 0. The Kier molecular flexibility index (Phi) is 10.9. The molecular formula is C72H76BN3S. The summed E-state index contributed by atoms with van der Waals surface area (Å²) in [5, 5.41) is 2.61. The van der Waals surface area contributed by atoms with Crippen molar-refractivity contribution >= 4 is 106 Å². The van der Waals surface area contributed by atoms with E-state index in [0.717, 1.165) is 23.5 Å². The molecule has 9 aromatic rings. The monoisotopic (exact) mass is 1030 g/mol. The van der Waals surface area contributed by atoms with Crippen molar-refractivity contribution in [2.45, 2.75) is 156 Å². The van der Waals surface area contributed by atoms with E-state index in [9.17, 15) is 0 Å². The zero-order valence-corrected chi connectivity index (χ0v) is 49.2. The normalized spacial score (nSPS) is 17.5. The third kappa shape index (κ3) is 7.78. The Hall–Kier alpha value is -6.56. The summed E-state index contributed by atoms with van der Waals surface area (Å²) in [6.45, 7) is 35.9. The molecule has 0 saturated heterocycles. The Morgan fingerprint density at radius 3 is 1.64 bits per heavy atom. The molecule has 0 fully saturated rings. The minimum absolute atomic E-state index is 0.0190. The fraction of sp³-hybridized carbons (Fsp3) is 0.333. The van der Waals surface area contributed by atoms with Crippen molar-refractivity contribution in [3.05, 3.63) is 191 Å². The summed E-state index contributed by atoms with van der Waals surface area (Å²) in [4.78, 5) is 7.86. The SMILES string of the molecule is Cc1cc2c3c(c1)N(c1cccc4sc5ccccc5c14)c1cc(N(c4ccc(C(C)(C)C)cc4)c4ccc(C(C)(C)C)cc4)ccc1B3c1cc3c(cc1N2c1ccc2c(c1)C(C)(C)CCC2(C)C)C(C)(C)CC3(C)C. The molecule has 77 heavy (non-hydrogen) atoms. The van der Waals surface area contributed by atoms with Gasteiger partial charge in [-0.2, -0.15) is 0 Å². The van der Waals surface area contributed by atoms with Gasteiger partial charge in [0.25, 0.3) is 6.71 Å². The average Bonchev–Trinajstić information content (AvgIpc) is 3.93. The van der Waals surface area contributed by atoms with Crippen molar-refractivity contribution in [1.82, 2.24) is 0 Å². The second-order valence-electron chi connectivity index (χ2n) is 28.1. The Labute approximate surface area is 464 Å². The summed E-state index contributed by atoms with van der Waals surface area (Å²) in [6.07, 6.45) is 3.47. The smallest absolute Gasteiger partial charge is 0.252 e. The van der Waals surface area contributed by atoms with Gasteiger partial charge in [-0.3, -0.25) is 0 Å². The lowest BCUT2D eigenvalue weighted by Crippen LogP contribution is -2.61. The first kappa shape index (κ1) is 50.0. The van der Waals surface area contributed by atoms with E-state index in [1.807, 2.05) is 11.3 Å². The van der Waals surface area contributed by atoms with Gasteiger partial charge >= 0.3 is 0 Å². The molecule has 4 aliphatic rings. The highest BCUT2D eigenvalue weighted by Crippen LogP contribution is 2.55. The predicted molar refractivity (Wildman–Crippen MR) is 336 cm³/mol. The highest BCUT2D eigenvalue weighted by Gasteiger charge is 2.49. The first-order valence-corrected chi connectivity index (χ1v) is 29.3. The van der Waals surface area contributed by atoms with E-state index in [1.54, 1.807) is 0 Å². The third-order valence-corrected chi connectivity index (χ3v) is 19.8. The second-order valence-corrected chi connectivity index (χ2v) is 29.2. The van der Waals surface area contributed by atoms with Crippen molar-refractivity contribution in [2.24, 2.45) is 0 Å². The molecular weight excluding hydrogens is 950 g/mol. The maximum absolute atomic E-state index is 2.69. The van der Waals surface area contributed by atoms with Crippen LogP contribution in [0.3, 0.4) is 0 Å². The van der Waals surface area contributed by atoms with Gasteiger partial charge in [0, 0.05) is 65.7 Å². The summed E-state index contributed by atoms with van der Waals surface area (Å²) >= 11 is 1.90. The van der Waals surface area contributed by atoms with Crippen LogP contribution in [0.2, 0.25) is 0 Å². The number of aryl methyl sites for hydroxylation is 1. The number of thiophene rings is 1. The van der Waals surface area contributed by atoms with E-state index < -0.39 is 0 Å². The summed E-state index contributed by atoms with van der Waals surface area (Å²) in [7, 11) is 0. The number of hydrogen-bond acceptors (Lipinski definition) is 4. The van der Waals surface area contributed by atoms with Gasteiger partial charge in [-0.05, 0) is 199 Å². The highest BCUT2D eigenvalue weighted by molar-refractivity contribution is 7.26. The lowest BCUT2D eigenvalue weighted by Gasteiger charge is -2.46. The average molecular weight is 1030 g/mol. The molecule has 5 heteroatoms. The largest absolute Gasteiger partial charge is 0.311 e. The van der Waals surface area contributed by atoms with Gasteiger partial charge in [-0.25, -0.2) is 0 Å². The quantitative estimate of drug-likeness (QED) is 0.159. The van der Waals surface area contributed by atoms with Crippen LogP contribution in [0.25, 0.3) is 20.2 Å². The second kappa shape index (κ2) is 16.7. The first-order chi connectivity index (χ1) is 36.3. The molecule has 3 heterocycles. The van der Waals surface area contributed by atoms with Crippen molar-refractivity contribution in [3.63, 3.8) is 0 Å². The molecule has 3 nitrogen and oxygen atoms in total. The van der Waals surface area contributed by atoms with Crippen molar-refractivity contribution < 1.29 is 0 Å². The molecule has 0 N–H and O–H groups in total. The molecule has 0 radical (unpaired) electrons. The predicted octanol–water partition coefficient (Wildman–Crippen LogP) is 18.8. The van der Waals surface area contributed by atoms with Crippen LogP contribution in [0.1, 0.15) is 155 Å². The lowest BCUT2D eigenvalue weighted by molar-refractivity contribution is 0.332. The van der Waals surface area contributed by atoms with Crippen molar-refractivity contribution in [2.75, 3.05) is 14.7 Å². The van der Waals surface area contributed by atoms with Gasteiger partial charge in [-0.15, -0.1) is 11.3 Å². The van der Waals surface area contributed by atoms with E-state index in [2.05, 4.69) is 270 Å². The first-order valence-electron chi connectivity index (χ1n) is 28.5. The van der Waals surface area contributed by atoms with Crippen LogP contribution in [-0.4, -0.2) is 6.71 Å². The molecule has 0 amide bonds. The summed E-state index contributed by atoms with van der Waals surface area (Å²) in [5.41, 5.74) is 25.2. The molecule has 1 aromatic heterocycles. The topological polar surface area (TPSA) is 9.72 Å². The number of anilines is 9. The van der Waals surface area contributed by atoms with Gasteiger partial charge in [0.05, 0.1) is 5.69 Å². The Balaban J connectivity index is 1.12. The minimum atomic E-state index is -0.0195. The molecule has 8 aromatic carbocycles. The standard InChI is InChI=1S/C72H76BN3S/c1-44-37-61-66-62(38-44)76(58-20-18-22-64-65(58)51-19-16-17-21-63(51)77-64)59-40-50(74(47-27-23-45(24-28-47)67(2,3)4)48-29-25-46(26-30-48)68(5,6)7)32-34-56(59)73(66)57-41-54-55(72(14,15)43-71(54,12)13)42-60(57)75(61)49-31-33-52-53(39-49)70(10,11)36-35-69(52,8)9/h16-34,37-42H,35-36,43H2,1-15H3.